The predicted molar refractivity (Wildman–Crippen MR) is 90.2 cm³/mol. The van der Waals surface area contributed by atoms with E-state index in [-0.39, 0.29) is 29.7 Å². The van der Waals surface area contributed by atoms with Crippen LogP contribution in [0.25, 0.3) is 0 Å². The van der Waals surface area contributed by atoms with Crippen LogP contribution in [-0.2, 0) is 6.42 Å². The number of hydrogen-bond acceptors (Lipinski definition) is 2. The van der Waals surface area contributed by atoms with Crippen LogP contribution in [0.5, 0.6) is 0 Å². The lowest BCUT2D eigenvalue weighted by molar-refractivity contribution is 0.0892. The molecule has 2 aromatic rings. The van der Waals surface area contributed by atoms with Gasteiger partial charge in [-0.05, 0) is 38.2 Å². The molecular formula is C18H21ClFNO. The predicted octanol–water partition coefficient (Wildman–Crippen LogP) is 3.85. The summed E-state index contributed by atoms with van der Waals surface area (Å²) in [6, 6.07) is 16.0. The minimum absolute atomic E-state index is 0. The standard InChI is InChI=1S/C18H20FNO.ClH/c1-20(2)13-15(12-14-8-4-3-5-9-14)18(21)16-10-6-7-11-17(16)19;/h3-11,15H,12-13H2,1-2H3;1H. The second kappa shape index (κ2) is 8.66. The van der Waals surface area contributed by atoms with Gasteiger partial charge in [0, 0.05) is 12.5 Å². The van der Waals surface area contributed by atoms with Crippen LogP contribution in [-0.4, -0.2) is 31.3 Å². The minimum atomic E-state index is -0.445. The number of nitrogens with zero attached hydrogens (tertiary/aromatic N) is 1. The molecule has 0 spiro atoms. The van der Waals surface area contributed by atoms with Gasteiger partial charge in [0.2, 0.25) is 0 Å². The summed E-state index contributed by atoms with van der Waals surface area (Å²) >= 11 is 0. The van der Waals surface area contributed by atoms with Gasteiger partial charge in [0.15, 0.2) is 5.78 Å². The lowest BCUT2D eigenvalue weighted by atomic mass is 9.90. The lowest BCUT2D eigenvalue weighted by Gasteiger charge is -2.20. The molecule has 22 heavy (non-hydrogen) atoms. The summed E-state index contributed by atoms with van der Waals surface area (Å²) in [5, 5.41) is 0. The van der Waals surface area contributed by atoms with E-state index in [2.05, 4.69) is 0 Å². The summed E-state index contributed by atoms with van der Waals surface area (Å²) in [6.45, 7) is 0.599. The third-order valence-corrected chi connectivity index (χ3v) is 3.42. The topological polar surface area (TPSA) is 20.3 Å². The Kier molecular flexibility index (Phi) is 7.22. The molecule has 118 valence electrons. The van der Waals surface area contributed by atoms with Crippen LogP contribution in [0.4, 0.5) is 4.39 Å². The highest BCUT2D eigenvalue weighted by Crippen LogP contribution is 2.18. The van der Waals surface area contributed by atoms with E-state index in [1.54, 1.807) is 18.2 Å². The van der Waals surface area contributed by atoms with Crippen LogP contribution in [0.15, 0.2) is 54.6 Å². The molecule has 0 aliphatic heterocycles. The Morgan fingerprint density at radius 2 is 1.64 bits per heavy atom. The highest BCUT2D eigenvalue weighted by atomic mass is 35.5. The molecule has 2 nitrogen and oxygen atoms in total. The van der Waals surface area contributed by atoms with Crippen molar-refractivity contribution in [2.75, 3.05) is 20.6 Å². The van der Waals surface area contributed by atoms with E-state index in [1.807, 2.05) is 49.3 Å². The molecule has 0 radical (unpaired) electrons. The van der Waals surface area contributed by atoms with Crippen LogP contribution in [0, 0.1) is 11.7 Å². The molecule has 2 rings (SSSR count). The van der Waals surface area contributed by atoms with Gasteiger partial charge in [-0.25, -0.2) is 4.39 Å². The van der Waals surface area contributed by atoms with Crippen molar-refractivity contribution in [1.29, 1.82) is 0 Å². The zero-order valence-corrected chi connectivity index (χ0v) is 13.6. The zero-order valence-electron chi connectivity index (χ0n) is 12.8. The monoisotopic (exact) mass is 321 g/mol. The van der Waals surface area contributed by atoms with E-state index in [9.17, 15) is 9.18 Å². The van der Waals surface area contributed by atoms with E-state index in [4.69, 9.17) is 0 Å². The Morgan fingerprint density at radius 1 is 1.05 bits per heavy atom. The summed E-state index contributed by atoms with van der Waals surface area (Å²) < 4.78 is 13.8. The molecule has 0 aliphatic rings. The van der Waals surface area contributed by atoms with Crippen molar-refractivity contribution in [3.8, 4) is 0 Å². The van der Waals surface area contributed by atoms with E-state index < -0.39 is 5.82 Å². The highest BCUT2D eigenvalue weighted by molar-refractivity contribution is 5.98. The first-order valence-electron chi connectivity index (χ1n) is 7.05. The van der Waals surface area contributed by atoms with Crippen LogP contribution >= 0.6 is 12.4 Å². The number of Topliss-reactive ketones (excluding diaryl/α,β-unsaturated/α-hetero) is 1. The fourth-order valence-corrected chi connectivity index (χ4v) is 2.46. The van der Waals surface area contributed by atoms with Crippen molar-refractivity contribution in [1.82, 2.24) is 4.90 Å². The Morgan fingerprint density at radius 3 is 2.23 bits per heavy atom. The number of rotatable bonds is 6. The molecule has 2 aromatic carbocycles. The quantitative estimate of drug-likeness (QED) is 0.753. The first-order valence-corrected chi connectivity index (χ1v) is 7.05. The van der Waals surface area contributed by atoms with Gasteiger partial charge < -0.3 is 4.90 Å². The normalized spacial score (nSPS) is 11.8. The first-order chi connectivity index (χ1) is 10.1. The van der Waals surface area contributed by atoms with E-state index in [0.29, 0.717) is 13.0 Å². The number of ketones is 1. The van der Waals surface area contributed by atoms with Crippen molar-refractivity contribution in [3.05, 3.63) is 71.5 Å². The molecule has 0 fully saturated rings. The van der Waals surface area contributed by atoms with Crippen molar-refractivity contribution in [2.24, 2.45) is 5.92 Å². The molecule has 0 heterocycles. The maximum absolute atomic E-state index is 13.8. The minimum Gasteiger partial charge on any atom is -0.309 e. The summed E-state index contributed by atoms with van der Waals surface area (Å²) in [4.78, 5) is 14.6. The lowest BCUT2D eigenvalue weighted by Crippen LogP contribution is -2.30. The number of halogens is 2. The smallest absolute Gasteiger partial charge is 0.170 e. The third-order valence-electron chi connectivity index (χ3n) is 3.42. The van der Waals surface area contributed by atoms with Crippen molar-refractivity contribution >= 4 is 18.2 Å². The van der Waals surface area contributed by atoms with Gasteiger partial charge in [0.05, 0.1) is 5.56 Å². The summed E-state index contributed by atoms with van der Waals surface area (Å²) in [5.41, 5.74) is 1.27. The summed E-state index contributed by atoms with van der Waals surface area (Å²) in [7, 11) is 3.85. The van der Waals surface area contributed by atoms with Crippen molar-refractivity contribution in [2.45, 2.75) is 6.42 Å². The average molecular weight is 322 g/mol. The van der Waals surface area contributed by atoms with Gasteiger partial charge in [0.1, 0.15) is 5.82 Å². The fourth-order valence-electron chi connectivity index (χ4n) is 2.46. The SMILES string of the molecule is CN(C)CC(Cc1ccccc1)C(=O)c1ccccc1F.Cl. The van der Waals surface area contributed by atoms with Crippen LogP contribution < -0.4 is 0 Å². The number of carbonyl (C=O) groups excluding carboxylic acids is 1. The zero-order chi connectivity index (χ0) is 15.2. The molecule has 1 atom stereocenters. The van der Waals surface area contributed by atoms with E-state index in [0.717, 1.165) is 5.56 Å². The van der Waals surface area contributed by atoms with E-state index in [1.165, 1.54) is 6.07 Å². The van der Waals surface area contributed by atoms with Crippen LogP contribution in [0.1, 0.15) is 15.9 Å². The van der Waals surface area contributed by atoms with Gasteiger partial charge in [-0.3, -0.25) is 4.79 Å². The molecule has 0 aromatic heterocycles. The van der Waals surface area contributed by atoms with Crippen LogP contribution in [0.2, 0.25) is 0 Å². The molecule has 0 saturated heterocycles. The highest BCUT2D eigenvalue weighted by Gasteiger charge is 2.23. The molecule has 0 amide bonds. The van der Waals surface area contributed by atoms with Gasteiger partial charge >= 0.3 is 0 Å². The van der Waals surface area contributed by atoms with E-state index >= 15 is 0 Å². The van der Waals surface area contributed by atoms with Gasteiger partial charge in [0.25, 0.3) is 0 Å². The van der Waals surface area contributed by atoms with Gasteiger partial charge in [-0.1, -0.05) is 42.5 Å². The fraction of sp³-hybridized carbons (Fsp3) is 0.278. The molecule has 0 bridgehead atoms. The molecule has 0 aliphatic carbocycles. The summed E-state index contributed by atoms with van der Waals surface area (Å²) in [5.74, 6) is -0.829. The Bertz CT molecular complexity index is 601. The van der Waals surface area contributed by atoms with Gasteiger partial charge in [-0.2, -0.15) is 0 Å². The van der Waals surface area contributed by atoms with Gasteiger partial charge in [-0.15, -0.1) is 12.4 Å². The molecule has 0 N–H and O–H groups in total. The molecule has 0 saturated carbocycles. The molecule has 4 heteroatoms. The van der Waals surface area contributed by atoms with Crippen molar-refractivity contribution < 1.29 is 9.18 Å². The average Bonchev–Trinajstić information content (AvgIpc) is 2.47. The van der Waals surface area contributed by atoms with Crippen LogP contribution in [0.3, 0.4) is 0 Å². The maximum atomic E-state index is 13.8. The Labute approximate surface area is 137 Å². The third kappa shape index (κ3) is 4.93. The largest absolute Gasteiger partial charge is 0.309 e. The Hall–Kier alpha value is -1.71. The second-order valence-electron chi connectivity index (χ2n) is 5.49. The maximum Gasteiger partial charge on any atom is 0.170 e. The summed E-state index contributed by atoms with van der Waals surface area (Å²) in [6.07, 6.45) is 0.617. The van der Waals surface area contributed by atoms with Crippen molar-refractivity contribution in [3.63, 3.8) is 0 Å². The molecule has 1 unspecified atom stereocenters. The first kappa shape index (κ1) is 18.3. The molecular weight excluding hydrogens is 301 g/mol. The number of hydrogen-bond donors (Lipinski definition) is 0. The Balaban J connectivity index is 0.00000242. The second-order valence-corrected chi connectivity index (χ2v) is 5.49. The number of benzene rings is 2. The number of carbonyl (C=O) groups is 1.